The number of rotatable bonds is 6. The van der Waals surface area contributed by atoms with Gasteiger partial charge in [0, 0.05) is 45.4 Å². The van der Waals surface area contributed by atoms with Crippen LogP contribution < -0.4 is 5.73 Å². The molecule has 0 unspecified atom stereocenters. The highest BCUT2D eigenvalue weighted by atomic mass is 16.2. The molecule has 1 aromatic heterocycles. The number of aromatic nitrogens is 4. The molecule has 3 N–H and O–H groups in total. The lowest BCUT2D eigenvalue weighted by molar-refractivity contribution is 0.0820. The predicted octanol–water partition coefficient (Wildman–Crippen LogP) is 2.55. The quantitative estimate of drug-likeness (QED) is 0.536. The van der Waals surface area contributed by atoms with Crippen LogP contribution in [-0.4, -0.2) is 76.5 Å². The van der Waals surface area contributed by atoms with E-state index >= 15 is 0 Å². The van der Waals surface area contributed by atoms with E-state index in [-0.39, 0.29) is 17.9 Å². The van der Waals surface area contributed by atoms with Gasteiger partial charge in [0.2, 0.25) is 0 Å². The molecule has 0 saturated heterocycles. The molecule has 37 heavy (non-hydrogen) atoms. The van der Waals surface area contributed by atoms with E-state index in [1.807, 2.05) is 36.4 Å². The number of tetrazole rings is 1. The van der Waals surface area contributed by atoms with Crippen LogP contribution in [0.2, 0.25) is 0 Å². The Balaban J connectivity index is 1.75. The highest BCUT2D eigenvalue weighted by Crippen LogP contribution is 2.48. The summed E-state index contributed by atoms with van der Waals surface area (Å²) in [7, 11) is 7.03. The molecule has 0 radical (unpaired) electrons. The zero-order valence-electron chi connectivity index (χ0n) is 22.0. The molecule has 9 heteroatoms. The standard InChI is InChI=1S/C28H35N7O2/c1-34(2)25(36)20-10-12-22-18(14-20)8-9-19-15-21(26(37)35(3)4)11-13-23(19)28(22,27-30-32-33-31-27)16-24(29)17-6-5-7-17/h10-15,17,24H,5-9,16,29H2,1-4H3,(H,30,31,32,33)/t24-/m1/s1. The number of amides is 2. The van der Waals surface area contributed by atoms with Crippen LogP contribution in [0.3, 0.4) is 0 Å². The smallest absolute Gasteiger partial charge is 0.253 e. The van der Waals surface area contributed by atoms with Crippen molar-refractivity contribution in [3.05, 3.63) is 75.6 Å². The van der Waals surface area contributed by atoms with Gasteiger partial charge in [-0.1, -0.05) is 23.8 Å². The highest BCUT2D eigenvalue weighted by Gasteiger charge is 2.47. The number of nitrogens with one attached hydrogen (secondary N) is 1. The second-order valence-corrected chi connectivity index (χ2v) is 10.8. The van der Waals surface area contributed by atoms with E-state index in [0.717, 1.165) is 47.9 Å². The molecule has 5 rings (SSSR count). The molecule has 0 bridgehead atoms. The Morgan fingerprint density at radius 2 is 1.51 bits per heavy atom. The fourth-order valence-electron chi connectivity index (χ4n) is 5.91. The van der Waals surface area contributed by atoms with E-state index in [1.54, 1.807) is 38.0 Å². The zero-order valence-corrected chi connectivity index (χ0v) is 22.0. The summed E-state index contributed by atoms with van der Waals surface area (Å²) in [5.41, 5.74) is 11.6. The topological polar surface area (TPSA) is 121 Å². The van der Waals surface area contributed by atoms with Gasteiger partial charge in [-0.2, -0.15) is 5.21 Å². The van der Waals surface area contributed by atoms with Crippen LogP contribution in [0.5, 0.6) is 0 Å². The number of aryl methyl sites for hydroxylation is 2. The van der Waals surface area contributed by atoms with Crippen LogP contribution in [0.15, 0.2) is 36.4 Å². The molecular formula is C28H35N7O2. The Kier molecular flexibility index (Phi) is 6.58. The molecule has 1 fully saturated rings. The maximum absolute atomic E-state index is 12.8. The van der Waals surface area contributed by atoms with E-state index in [4.69, 9.17) is 5.73 Å². The van der Waals surface area contributed by atoms with E-state index in [1.165, 1.54) is 6.42 Å². The minimum absolute atomic E-state index is 0.0419. The fourth-order valence-corrected chi connectivity index (χ4v) is 5.91. The molecule has 9 nitrogen and oxygen atoms in total. The molecule has 1 heterocycles. The van der Waals surface area contributed by atoms with Crippen molar-refractivity contribution in [1.29, 1.82) is 0 Å². The van der Waals surface area contributed by atoms with Crippen molar-refractivity contribution in [1.82, 2.24) is 30.4 Å². The Hall–Kier alpha value is -3.59. The summed E-state index contributed by atoms with van der Waals surface area (Å²) >= 11 is 0. The summed E-state index contributed by atoms with van der Waals surface area (Å²) in [4.78, 5) is 28.9. The average molecular weight is 502 g/mol. The summed E-state index contributed by atoms with van der Waals surface area (Å²) in [6.45, 7) is 0. The van der Waals surface area contributed by atoms with Gasteiger partial charge in [0.05, 0.1) is 5.41 Å². The first-order valence-corrected chi connectivity index (χ1v) is 12.9. The minimum atomic E-state index is -0.761. The summed E-state index contributed by atoms with van der Waals surface area (Å²) in [5.74, 6) is 0.924. The van der Waals surface area contributed by atoms with Crippen molar-refractivity contribution in [2.45, 2.75) is 50.0 Å². The number of carbonyl (C=O) groups excluding carboxylic acids is 2. The lowest BCUT2D eigenvalue weighted by atomic mass is 9.64. The lowest BCUT2D eigenvalue weighted by Crippen LogP contribution is -2.44. The molecule has 2 amide bonds. The van der Waals surface area contributed by atoms with Gasteiger partial charge in [-0.15, -0.1) is 10.2 Å². The van der Waals surface area contributed by atoms with Crippen LogP contribution in [0.4, 0.5) is 0 Å². The summed E-state index contributed by atoms with van der Waals surface area (Å²) in [6.07, 6.45) is 5.49. The van der Waals surface area contributed by atoms with Crippen molar-refractivity contribution in [3.63, 3.8) is 0 Å². The Morgan fingerprint density at radius 1 is 0.973 bits per heavy atom. The van der Waals surface area contributed by atoms with Gasteiger partial charge in [-0.05, 0) is 84.5 Å². The maximum Gasteiger partial charge on any atom is 0.253 e. The van der Waals surface area contributed by atoms with Gasteiger partial charge >= 0.3 is 0 Å². The number of hydrogen-bond donors (Lipinski definition) is 2. The number of aromatic amines is 1. The lowest BCUT2D eigenvalue weighted by Gasteiger charge is -2.40. The summed E-state index contributed by atoms with van der Waals surface area (Å²) in [5, 5.41) is 15.7. The van der Waals surface area contributed by atoms with Crippen LogP contribution in [-0.2, 0) is 18.3 Å². The van der Waals surface area contributed by atoms with E-state index in [0.29, 0.717) is 29.3 Å². The van der Waals surface area contributed by atoms with Crippen LogP contribution in [0.1, 0.15) is 74.5 Å². The largest absolute Gasteiger partial charge is 0.345 e. The third-order valence-corrected chi connectivity index (χ3v) is 8.12. The first-order chi connectivity index (χ1) is 17.7. The summed E-state index contributed by atoms with van der Waals surface area (Å²) < 4.78 is 0. The molecule has 2 aliphatic carbocycles. The van der Waals surface area contributed by atoms with E-state index in [2.05, 4.69) is 20.6 Å². The fraction of sp³-hybridized carbons (Fsp3) is 0.464. The van der Waals surface area contributed by atoms with Gasteiger partial charge in [0.1, 0.15) is 0 Å². The second-order valence-electron chi connectivity index (χ2n) is 10.8. The van der Waals surface area contributed by atoms with Gasteiger partial charge in [-0.3, -0.25) is 9.59 Å². The Bertz CT molecular complexity index is 1240. The molecule has 2 aliphatic rings. The monoisotopic (exact) mass is 501 g/mol. The average Bonchev–Trinajstić information content (AvgIpc) is 3.35. The van der Waals surface area contributed by atoms with Gasteiger partial charge in [0.25, 0.3) is 11.8 Å². The highest BCUT2D eigenvalue weighted by molar-refractivity contribution is 5.95. The van der Waals surface area contributed by atoms with Gasteiger partial charge < -0.3 is 15.5 Å². The molecule has 0 spiro atoms. The van der Waals surface area contributed by atoms with E-state index in [9.17, 15) is 9.59 Å². The molecule has 1 saturated carbocycles. The molecular weight excluding hydrogens is 466 g/mol. The summed E-state index contributed by atoms with van der Waals surface area (Å²) in [6, 6.07) is 11.8. The van der Waals surface area contributed by atoms with Gasteiger partial charge in [-0.25, -0.2) is 0 Å². The third-order valence-electron chi connectivity index (χ3n) is 8.12. The number of nitrogens with two attached hydrogens (primary N) is 1. The number of H-pyrrole nitrogens is 1. The number of hydrogen-bond acceptors (Lipinski definition) is 6. The zero-order chi connectivity index (χ0) is 26.3. The predicted molar refractivity (Wildman–Crippen MR) is 140 cm³/mol. The normalized spacial score (nSPS) is 17.1. The molecule has 3 aromatic rings. The molecule has 2 aromatic carbocycles. The van der Waals surface area contributed by atoms with Crippen molar-refractivity contribution in [2.24, 2.45) is 11.7 Å². The Labute approximate surface area is 217 Å². The molecule has 0 aliphatic heterocycles. The van der Waals surface area contributed by atoms with Crippen molar-refractivity contribution < 1.29 is 9.59 Å². The number of fused-ring (bicyclic) bond motifs is 2. The van der Waals surface area contributed by atoms with Crippen molar-refractivity contribution in [2.75, 3.05) is 28.2 Å². The first kappa shape index (κ1) is 25.1. The van der Waals surface area contributed by atoms with Crippen LogP contribution >= 0.6 is 0 Å². The molecule has 1 atom stereocenters. The number of nitrogens with zero attached hydrogens (tertiary/aromatic N) is 5. The van der Waals surface area contributed by atoms with Crippen molar-refractivity contribution >= 4 is 11.8 Å². The SMILES string of the molecule is CN(C)C(=O)c1ccc2c(c1)CCc1cc(C(=O)N(C)C)ccc1C2(C[C@@H](N)C1CCC1)c1nn[nH]n1. The minimum Gasteiger partial charge on any atom is -0.345 e. The second kappa shape index (κ2) is 9.70. The van der Waals surface area contributed by atoms with E-state index < -0.39 is 5.41 Å². The number of carbonyl (C=O) groups is 2. The molecule has 194 valence electrons. The third kappa shape index (κ3) is 4.31. The van der Waals surface area contributed by atoms with Gasteiger partial charge in [0.15, 0.2) is 5.82 Å². The number of benzene rings is 2. The first-order valence-electron chi connectivity index (χ1n) is 12.9. The maximum atomic E-state index is 12.8. The van der Waals surface area contributed by atoms with Crippen LogP contribution in [0, 0.1) is 5.92 Å². The van der Waals surface area contributed by atoms with Crippen LogP contribution in [0.25, 0.3) is 0 Å². The van der Waals surface area contributed by atoms with Crippen molar-refractivity contribution in [3.8, 4) is 0 Å². The Morgan fingerprint density at radius 3 is 1.92 bits per heavy atom.